The quantitative estimate of drug-likeness (QED) is 0.148. The molecule has 0 aliphatic carbocycles. The number of fused-ring (bicyclic) bond motifs is 2. The van der Waals surface area contributed by atoms with Crippen molar-refractivity contribution in [3.63, 3.8) is 0 Å². The number of aromatic nitrogens is 6. The third-order valence-electron chi connectivity index (χ3n) is 9.33. The fourth-order valence-electron chi connectivity index (χ4n) is 6.43. The Hall–Kier alpha value is -3.75. The molecule has 6 rings (SSSR count). The van der Waals surface area contributed by atoms with Gasteiger partial charge in [0, 0.05) is 30.4 Å². The van der Waals surface area contributed by atoms with Gasteiger partial charge in [0.15, 0.2) is 0 Å². The molecule has 1 aromatic carbocycles. The monoisotopic (exact) mass is 674 g/mol. The van der Waals surface area contributed by atoms with E-state index in [1.54, 1.807) is 52.4 Å². The Morgan fingerprint density at radius 2 is 1.94 bits per heavy atom. The molecule has 0 saturated carbocycles. The maximum atomic E-state index is 14.1. The van der Waals surface area contributed by atoms with Gasteiger partial charge in [0.25, 0.3) is 0 Å². The first-order chi connectivity index (χ1) is 22.4. The molecule has 5 heterocycles. The van der Waals surface area contributed by atoms with E-state index >= 15 is 0 Å². The average Bonchev–Trinajstić information content (AvgIpc) is 3.62. The largest absolute Gasteiger partial charge is 0.324 e. The summed E-state index contributed by atoms with van der Waals surface area (Å²) < 4.78 is 26.9. The van der Waals surface area contributed by atoms with Crippen LogP contribution in [0.3, 0.4) is 0 Å². The number of amides is 1. The minimum absolute atomic E-state index is 0.168. The standard InChI is InChI=1S/C34H42N8O3S2/c1-7-23-17-26-29(12-10-16-36-26)47(44,45)41(19-23)20-27-22(4)46-32(38-27)30(34(5,6)33(43)37-24-11-9-15-35-18-24)25-13-14-28-31(21(25)3)39-40-42(28)8-2/h9-16,18,23,30,44-45H,7-8,17,19-20H2,1-6H3,(H,37,43)/t23-,30+/m0/s1. The molecule has 0 saturated heterocycles. The fraction of sp³-hybridized carbons (Fsp3) is 0.412. The maximum absolute atomic E-state index is 14.1. The number of nitrogens with one attached hydrogen (secondary N) is 1. The molecule has 11 nitrogen and oxygen atoms in total. The van der Waals surface area contributed by atoms with Gasteiger partial charge < -0.3 is 5.32 Å². The molecule has 0 unspecified atom stereocenters. The zero-order valence-corrected chi connectivity index (χ0v) is 29.3. The second-order valence-electron chi connectivity index (χ2n) is 12.7. The lowest BCUT2D eigenvalue weighted by atomic mass is 9.73. The molecule has 1 amide bonds. The summed E-state index contributed by atoms with van der Waals surface area (Å²) in [7, 11) is -3.30. The number of carbonyl (C=O) groups is 1. The van der Waals surface area contributed by atoms with E-state index in [4.69, 9.17) is 4.98 Å². The first kappa shape index (κ1) is 33.2. The first-order valence-electron chi connectivity index (χ1n) is 15.9. The number of hydrogen-bond donors (Lipinski definition) is 3. The van der Waals surface area contributed by atoms with E-state index in [2.05, 4.69) is 38.6 Å². The third-order valence-corrected chi connectivity index (χ3v) is 12.4. The van der Waals surface area contributed by atoms with Gasteiger partial charge in [0.05, 0.1) is 51.6 Å². The number of hydrogen-bond acceptors (Lipinski definition) is 10. The van der Waals surface area contributed by atoms with Gasteiger partial charge in [-0.15, -0.1) is 27.2 Å². The lowest BCUT2D eigenvalue weighted by Gasteiger charge is -2.42. The average molecular weight is 675 g/mol. The summed E-state index contributed by atoms with van der Waals surface area (Å²) in [4.78, 5) is 29.4. The summed E-state index contributed by atoms with van der Waals surface area (Å²) in [5, 5.41) is 12.7. The van der Waals surface area contributed by atoms with Crippen molar-refractivity contribution in [3.8, 4) is 0 Å². The second kappa shape index (κ2) is 13.0. The van der Waals surface area contributed by atoms with E-state index in [0.29, 0.717) is 30.1 Å². The van der Waals surface area contributed by atoms with Crippen molar-refractivity contribution in [1.82, 2.24) is 34.3 Å². The van der Waals surface area contributed by atoms with Gasteiger partial charge >= 0.3 is 0 Å². The summed E-state index contributed by atoms with van der Waals surface area (Å²) in [5.41, 5.74) is 4.78. The maximum Gasteiger partial charge on any atom is 0.231 e. The van der Waals surface area contributed by atoms with Crippen LogP contribution >= 0.6 is 22.1 Å². The van der Waals surface area contributed by atoms with Crippen molar-refractivity contribution >= 4 is 44.7 Å². The number of rotatable bonds is 9. The molecule has 0 spiro atoms. The summed E-state index contributed by atoms with van der Waals surface area (Å²) in [6.45, 7) is 13.5. The third kappa shape index (κ3) is 6.18. The number of aryl methyl sites for hydroxylation is 3. The summed E-state index contributed by atoms with van der Waals surface area (Å²) >= 11 is 1.54. The van der Waals surface area contributed by atoms with E-state index in [0.717, 1.165) is 49.9 Å². The number of thiazole rings is 1. The van der Waals surface area contributed by atoms with Crippen LogP contribution in [-0.4, -0.2) is 55.8 Å². The van der Waals surface area contributed by atoms with Crippen LogP contribution in [0.15, 0.2) is 59.9 Å². The minimum atomic E-state index is -3.30. The summed E-state index contributed by atoms with van der Waals surface area (Å²) in [5.74, 6) is -0.395. The van der Waals surface area contributed by atoms with Crippen LogP contribution in [0.5, 0.6) is 0 Å². The Morgan fingerprint density at radius 3 is 2.66 bits per heavy atom. The number of anilines is 1. The van der Waals surface area contributed by atoms with E-state index in [9.17, 15) is 13.9 Å². The number of nitrogens with zero attached hydrogens (tertiary/aromatic N) is 7. The van der Waals surface area contributed by atoms with Crippen LogP contribution in [0.2, 0.25) is 0 Å². The van der Waals surface area contributed by atoms with Crippen LogP contribution < -0.4 is 5.32 Å². The Morgan fingerprint density at radius 1 is 1.15 bits per heavy atom. The molecule has 3 N–H and O–H groups in total. The van der Waals surface area contributed by atoms with Gasteiger partial charge in [-0.25, -0.2) is 9.67 Å². The molecule has 13 heteroatoms. The van der Waals surface area contributed by atoms with Crippen LogP contribution in [0.1, 0.15) is 72.4 Å². The highest BCUT2D eigenvalue weighted by molar-refractivity contribution is 8.22. The van der Waals surface area contributed by atoms with Crippen molar-refractivity contribution in [1.29, 1.82) is 0 Å². The van der Waals surface area contributed by atoms with Gasteiger partial charge in [-0.2, -0.15) is 4.31 Å². The van der Waals surface area contributed by atoms with Gasteiger partial charge in [0.1, 0.15) is 10.5 Å². The molecule has 0 radical (unpaired) electrons. The summed E-state index contributed by atoms with van der Waals surface area (Å²) in [6.07, 6.45) is 6.58. The lowest BCUT2D eigenvalue weighted by molar-refractivity contribution is -0.124. The van der Waals surface area contributed by atoms with E-state index in [-0.39, 0.29) is 18.4 Å². The van der Waals surface area contributed by atoms with Crippen molar-refractivity contribution in [3.05, 3.63) is 87.4 Å². The van der Waals surface area contributed by atoms with Crippen molar-refractivity contribution in [2.24, 2.45) is 11.3 Å². The SMILES string of the molecule is CC[C@H]1Cc2ncccc2S(O)(O)N(Cc2nc([C@@H](c3ccc4c(nnn4CC)c3C)C(C)(C)C(=O)Nc3cccnc3)sc2C)C1. The molecule has 0 fully saturated rings. The predicted octanol–water partition coefficient (Wildman–Crippen LogP) is 7.22. The van der Waals surface area contributed by atoms with Crippen molar-refractivity contribution < 1.29 is 13.9 Å². The molecule has 248 valence electrons. The smallest absolute Gasteiger partial charge is 0.231 e. The minimum Gasteiger partial charge on any atom is -0.324 e. The van der Waals surface area contributed by atoms with Gasteiger partial charge in [-0.05, 0) is 74.6 Å². The molecule has 0 bridgehead atoms. The summed E-state index contributed by atoms with van der Waals surface area (Å²) in [6, 6.07) is 11.2. The van der Waals surface area contributed by atoms with Gasteiger partial charge in [0.2, 0.25) is 5.91 Å². The molecule has 47 heavy (non-hydrogen) atoms. The van der Waals surface area contributed by atoms with Crippen molar-refractivity contribution in [2.75, 3.05) is 11.9 Å². The molecular weight excluding hydrogens is 633 g/mol. The second-order valence-corrected chi connectivity index (χ2v) is 16.0. The topological polar surface area (TPSA) is 142 Å². The lowest BCUT2D eigenvalue weighted by Crippen LogP contribution is -2.37. The zero-order valence-electron chi connectivity index (χ0n) is 27.6. The van der Waals surface area contributed by atoms with Gasteiger partial charge in [-0.3, -0.25) is 23.9 Å². The number of carbonyl (C=O) groups excluding carboxylic acids is 1. The van der Waals surface area contributed by atoms with Crippen LogP contribution in [-0.2, 0) is 24.3 Å². The van der Waals surface area contributed by atoms with Crippen LogP contribution in [0, 0.1) is 25.2 Å². The normalized spacial score (nSPS) is 18.0. The highest BCUT2D eigenvalue weighted by Crippen LogP contribution is 2.56. The highest BCUT2D eigenvalue weighted by atomic mass is 32.3. The Kier molecular flexibility index (Phi) is 9.20. The first-order valence-corrected chi connectivity index (χ1v) is 18.2. The molecule has 1 aliphatic heterocycles. The molecule has 2 atom stereocenters. The molecule has 4 aromatic heterocycles. The fourth-order valence-corrected chi connectivity index (χ4v) is 9.38. The van der Waals surface area contributed by atoms with Crippen molar-refractivity contribution in [2.45, 2.75) is 78.3 Å². The molecular formula is C34H42N8O3S2. The molecule has 1 aliphatic rings. The van der Waals surface area contributed by atoms with Crippen LogP contribution in [0.25, 0.3) is 11.0 Å². The number of pyridine rings is 2. The van der Waals surface area contributed by atoms with E-state index < -0.39 is 22.1 Å². The molecule has 5 aromatic rings. The number of benzene rings is 1. The highest BCUT2D eigenvalue weighted by Gasteiger charge is 2.43. The Labute approximate surface area is 281 Å². The Bertz CT molecular complexity index is 1910. The van der Waals surface area contributed by atoms with E-state index in [1.807, 2.05) is 51.4 Å². The predicted molar refractivity (Wildman–Crippen MR) is 187 cm³/mol. The van der Waals surface area contributed by atoms with Gasteiger partial charge in [-0.1, -0.05) is 38.5 Å². The zero-order chi connectivity index (χ0) is 33.5. The van der Waals surface area contributed by atoms with E-state index in [1.165, 1.54) is 0 Å². The Balaban J connectivity index is 1.43. The van der Waals surface area contributed by atoms with Crippen LogP contribution in [0.4, 0.5) is 5.69 Å².